The van der Waals surface area contributed by atoms with Gasteiger partial charge >= 0.3 is 0 Å². The molecule has 0 saturated heterocycles. The van der Waals surface area contributed by atoms with E-state index in [-0.39, 0.29) is 11.9 Å². The van der Waals surface area contributed by atoms with Crippen molar-refractivity contribution in [1.29, 1.82) is 0 Å². The zero-order valence-corrected chi connectivity index (χ0v) is 15.4. The summed E-state index contributed by atoms with van der Waals surface area (Å²) in [6.07, 6.45) is 4.92. The van der Waals surface area contributed by atoms with E-state index in [1.807, 2.05) is 45.0 Å². The first-order valence-corrected chi connectivity index (χ1v) is 9.54. The lowest BCUT2D eigenvalue weighted by atomic mass is 9.52. The first kappa shape index (κ1) is 16.9. The monoisotopic (exact) mass is 343 g/mol. The zero-order chi connectivity index (χ0) is 17.8. The van der Waals surface area contributed by atoms with Crippen molar-refractivity contribution < 1.29 is 14.6 Å². The maximum absolute atomic E-state index is 13.0. The summed E-state index contributed by atoms with van der Waals surface area (Å²) in [7, 11) is 0. The summed E-state index contributed by atoms with van der Waals surface area (Å²) in [5.41, 5.74) is -0.358. The third kappa shape index (κ3) is 3.05. The van der Waals surface area contributed by atoms with E-state index in [2.05, 4.69) is 5.32 Å². The van der Waals surface area contributed by atoms with Crippen LogP contribution < -0.4 is 10.1 Å². The van der Waals surface area contributed by atoms with Gasteiger partial charge in [-0.3, -0.25) is 4.79 Å². The van der Waals surface area contributed by atoms with E-state index in [9.17, 15) is 9.90 Å². The van der Waals surface area contributed by atoms with Crippen LogP contribution in [0, 0.1) is 24.7 Å². The number of para-hydroxylation sites is 1. The molecule has 0 aliphatic heterocycles. The second-order valence-electron chi connectivity index (χ2n) is 9.07. The first-order valence-electron chi connectivity index (χ1n) is 9.54. The minimum Gasteiger partial charge on any atom is -0.478 e. The van der Waals surface area contributed by atoms with Crippen molar-refractivity contribution >= 4 is 5.91 Å². The third-order valence-corrected chi connectivity index (χ3v) is 6.54. The smallest absolute Gasteiger partial charge is 0.263 e. The molecule has 4 fully saturated rings. The van der Waals surface area contributed by atoms with Gasteiger partial charge in [-0.15, -0.1) is 0 Å². The summed E-state index contributed by atoms with van der Waals surface area (Å²) in [5.74, 6) is 2.16. The molecule has 1 aromatic carbocycles. The van der Waals surface area contributed by atoms with Crippen LogP contribution in [0.1, 0.15) is 51.5 Å². The Kier molecular flexibility index (Phi) is 3.87. The number of aryl methyl sites for hydroxylation is 1. The lowest BCUT2D eigenvalue weighted by Crippen LogP contribution is -2.63. The van der Waals surface area contributed by atoms with Crippen molar-refractivity contribution in [2.45, 2.75) is 70.1 Å². The van der Waals surface area contributed by atoms with Crippen LogP contribution in [0.15, 0.2) is 24.3 Å². The number of aliphatic hydroxyl groups is 1. The van der Waals surface area contributed by atoms with E-state index in [4.69, 9.17) is 4.74 Å². The van der Waals surface area contributed by atoms with Crippen molar-refractivity contribution in [1.82, 2.24) is 5.32 Å². The Hall–Kier alpha value is -1.55. The Morgan fingerprint density at radius 2 is 1.84 bits per heavy atom. The number of carbonyl (C=O) groups excluding carboxylic acids is 1. The number of hydrogen-bond acceptors (Lipinski definition) is 3. The minimum atomic E-state index is -0.919. The van der Waals surface area contributed by atoms with Crippen LogP contribution in [0.3, 0.4) is 0 Å². The highest BCUT2D eigenvalue weighted by Crippen LogP contribution is 2.55. The number of nitrogens with one attached hydrogen (secondary N) is 1. The molecule has 136 valence electrons. The van der Waals surface area contributed by atoms with Gasteiger partial charge < -0.3 is 15.2 Å². The van der Waals surface area contributed by atoms with Gasteiger partial charge in [-0.05, 0) is 82.3 Å². The average molecular weight is 343 g/mol. The lowest BCUT2D eigenvalue weighted by molar-refractivity contribution is -0.152. The topological polar surface area (TPSA) is 58.6 Å². The van der Waals surface area contributed by atoms with Gasteiger partial charge in [0.05, 0.1) is 5.60 Å². The average Bonchev–Trinajstić information content (AvgIpc) is 2.51. The van der Waals surface area contributed by atoms with Crippen molar-refractivity contribution in [2.75, 3.05) is 0 Å². The lowest BCUT2D eigenvalue weighted by Gasteiger charge is -2.58. The van der Waals surface area contributed by atoms with E-state index in [0.29, 0.717) is 17.8 Å². The standard InChI is InChI=1S/C21H29NO3/c1-13-6-4-5-7-17(13)25-20(2,3)19(23)22-18-15-8-14-9-16(18)12-21(24,10-14)11-15/h4-7,14-16,18,24H,8-12H2,1-3H3,(H,22,23)/t14?,15-,16+,18?,21?. The molecule has 4 aliphatic carbocycles. The Morgan fingerprint density at radius 1 is 1.20 bits per heavy atom. The van der Waals surface area contributed by atoms with Crippen LogP contribution in [0.4, 0.5) is 0 Å². The van der Waals surface area contributed by atoms with Crippen LogP contribution in [-0.2, 0) is 4.79 Å². The quantitative estimate of drug-likeness (QED) is 0.882. The Balaban J connectivity index is 1.46. The summed E-state index contributed by atoms with van der Waals surface area (Å²) in [4.78, 5) is 13.0. The molecule has 0 radical (unpaired) electrons. The minimum absolute atomic E-state index is 0.0554. The van der Waals surface area contributed by atoms with Crippen LogP contribution in [-0.4, -0.2) is 28.3 Å². The molecule has 5 atom stereocenters. The predicted octanol–water partition coefficient (Wildman–Crippen LogP) is 3.21. The summed E-state index contributed by atoms with van der Waals surface area (Å²) < 4.78 is 6.05. The van der Waals surface area contributed by atoms with Gasteiger partial charge in [-0.2, -0.15) is 0 Å². The molecule has 25 heavy (non-hydrogen) atoms. The van der Waals surface area contributed by atoms with Gasteiger partial charge in [0.25, 0.3) is 5.91 Å². The molecule has 3 unspecified atom stereocenters. The van der Waals surface area contributed by atoms with Gasteiger partial charge in [-0.25, -0.2) is 0 Å². The fourth-order valence-corrected chi connectivity index (χ4v) is 5.53. The fraction of sp³-hybridized carbons (Fsp3) is 0.667. The van der Waals surface area contributed by atoms with E-state index in [1.165, 1.54) is 0 Å². The zero-order valence-electron chi connectivity index (χ0n) is 15.4. The normalized spacial score (nSPS) is 36.3. The molecule has 5 rings (SSSR count). The highest BCUT2D eigenvalue weighted by Gasteiger charge is 2.55. The molecule has 4 heteroatoms. The Bertz CT molecular complexity index is 667. The second kappa shape index (κ2) is 5.73. The molecule has 0 aromatic heterocycles. The second-order valence-corrected chi connectivity index (χ2v) is 9.07. The number of ether oxygens (including phenoxy) is 1. The largest absolute Gasteiger partial charge is 0.478 e. The SMILES string of the molecule is Cc1ccccc1OC(C)(C)C(=O)NC1[C@@H]2CC3C[C@H]1CC(O)(C3)C2. The summed E-state index contributed by atoms with van der Waals surface area (Å²) in [6.45, 7) is 5.65. The van der Waals surface area contributed by atoms with E-state index < -0.39 is 11.2 Å². The number of amides is 1. The van der Waals surface area contributed by atoms with Gasteiger partial charge in [0.1, 0.15) is 5.75 Å². The van der Waals surface area contributed by atoms with Crippen LogP contribution in [0.2, 0.25) is 0 Å². The first-order chi connectivity index (χ1) is 11.8. The molecule has 4 bridgehead atoms. The van der Waals surface area contributed by atoms with Crippen molar-refractivity contribution in [3.05, 3.63) is 29.8 Å². The number of carbonyl (C=O) groups is 1. The molecular weight excluding hydrogens is 314 g/mol. The maximum atomic E-state index is 13.0. The van der Waals surface area contributed by atoms with Crippen molar-refractivity contribution in [2.24, 2.45) is 17.8 Å². The van der Waals surface area contributed by atoms with Crippen LogP contribution >= 0.6 is 0 Å². The van der Waals surface area contributed by atoms with Gasteiger partial charge in [0.15, 0.2) is 5.60 Å². The number of benzene rings is 1. The van der Waals surface area contributed by atoms with E-state index >= 15 is 0 Å². The molecule has 1 aromatic rings. The highest BCUT2D eigenvalue weighted by atomic mass is 16.5. The summed E-state index contributed by atoms with van der Waals surface area (Å²) in [5, 5.41) is 14.0. The van der Waals surface area contributed by atoms with Gasteiger partial charge in [-0.1, -0.05) is 18.2 Å². The Morgan fingerprint density at radius 3 is 2.44 bits per heavy atom. The van der Waals surface area contributed by atoms with E-state index in [1.54, 1.807) is 0 Å². The number of hydrogen-bond donors (Lipinski definition) is 2. The fourth-order valence-electron chi connectivity index (χ4n) is 5.53. The molecule has 1 amide bonds. The molecule has 2 N–H and O–H groups in total. The summed E-state index contributed by atoms with van der Waals surface area (Å²) >= 11 is 0. The summed E-state index contributed by atoms with van der Waals surface area (Å²) in [6, 6.07) is 7.97. The van der Waals surface area contributed by atoms with Crippen molar-refractivity contribution in [3.8, 4) is 5.75 Å². The molecule has 4 aliphatic rings. The predicted molar refractivity (Wildman–Crippen MR) is 96.3 cm³/mol. The molecule has 4 nitrogen and oxygen atoms in total. The van der Waals surface area contributed by atoms with E-state index in [0.717, 1.165) is 43.4 Å². The third-order valence-electron chi connectivity index (χ3n) is 6.54. The highest BCUT2D eigenvalue weighted by molar-refractivity contribution is 5.85. The van der Waals surface area contributed by atoms with Gasteiger partial charge in [0.2, 0.25) is 0 Å². The van der Waals surface area contributed by atoms with Crippen molar-refractivity contribution in [3.63, 3.8) is 0 Å². The molecular formula is C21H29NO3. The van der Waals surface area contributed by atoms with Crippen LogP contribution in [0.5, 0.6) is 5.75 Å². The number of rotatable bonds is 4. The van der Waals surface area contributed by atoms with Crippen LogP contribution in [0.25, 0.3) is 0 Å². The Labute approximate surface area is 150 Å². The molecule has 0 heterocycles. The maximum Gasteiger partial charge on any atom is 0.263 e. The molecule has 4 saturated carbocycles. The molecule has 0 spiro atoms. The van der Waals surface area contributed by atoms with Gasteiger partial charge in [0, 0.05) is 6.04 Å².